The Bertz CT molecular complexity index is 895. The third-order valence-corrected chi connectivity index (χ3v) is 6.45. The van der Waals surface area contributed by atoms with Gasteiger partial charge in [0.05, 0.1) is 6.61 Å². The molecule has 10 N–H and O–H groups in total. The summed E-state index contributed by atoms with van der Waals surface area (Å²) in [5.41, 5.74) is 26.8. The number of hydrogen-bond acceptors (Lipinski definition) is 12. The van der Waals surface area contributed by atoms with Crippen LogP contribution in [0.25, 0.3) is 0 Å². The van der Waals surface area contributed by atoms with Gasteiger partial charge >= 0.3 is 0 Å². The van der Waals surface area contributed by atoms with Crippen LogP contribution >= 0.6 is 0 Å². The zero-order valence-corrected chi connectivity index (χ0v) is 20.4. The third kappa shape index (κ3) is 6.47. The summed E-state index contributed by atoms with van der Waals surface area (Å²) in [5.74, 6) is 1.50. The van der Waals surface area contributed by atoms with Crippen LogP contribution in [0.4, 0.5) is 29.2 Å². The average molecular weight is 486 g/mol. The summed E-state index contributed by atoms with van der Waals surface area (Å²) in [6, 6.07) is 7.79. The Hall–Kier alpha value is -2.77. The normalized spacial score (nSPS) is 25.0. The van der Waals surface area contributed by atoms with E-state index < -0.39 is 0 Å². The zero-order valence-electron chi connectivity index (χ0n) is 20.4. The summed E-state index contributed by atoms with van der Waals surface area (Å²) in [4.78, 5) is 20.3. The van der Waals surface area contributed by atoms with Crippen LogP contribution in [0.15, 0.2) is 24.3 Å². The second-order valence-electron chi connectivity index (χ2n) is 9.56. The number of nitrogens with zero attached hydrogens (tertiary/aromatic N) is 6. The van der Waals surface area contributed by atoms with E-state index in [1.807, 2.05) is 34.1 Å². The van der Waals surface area contributed by atoms with E-state index in [1.165, 1.54) is 0 Å². The molecule has 2 saturated heterocycles. The molecule has 1 aromatic carbocycles. The fourth-order valence-electron chi connectivity index (χ4n) is 4.85. The molecule has 2 fully saturated rings. The van der Waals surface area contributed by atoms with Gasteiger partial charge in [-0.15, -0.1) is 0 Å². The third-order valence-electron chi connectivity index (χ3n) is 6.45. The number of rotatable bonds is 8. The van der Waals surface area contributed by atoms with Crippen LogP contribution in [0, 0.1) is 0 Å². The molecule has 12 heteroatoms. The highest BCUT2D eigenvalue weighted by Crippen LogP contribution is 2.25. The minimum atomic E-state index is -0.0415. The van der Waals surface area contributed by atoms with E-state index in [9.17, 15) is 5.11 Å². The van der Waals surface area contributed by atoms with Crippen molar-refractivity contribution in [2.24, 2.45) is 22.9 Å². The summed E-state index contributed by atoms with van der Waals surface area (Å²) in [5, 5.41) is 12.6. The molecule has 0 aliphatic carbocycles. The first-order valence-electron chi connectivity index (χ1n) is 12.4. The van der Waals surface area contributed by atoms with Crippen molar-refractivity contribution in [2.75, 3.05) is 65.9 Å². The molecule has 0 spiro atoms. The van der Waals surface area contributed by atoms with Crippen molar-refractivity contribution in [2.45, 2.75) is 43.9 Å². The minimum absolute atomic E-state index is 0.0415. The lowest BCUT2D eigenvalue weighted by Gasteiger charge is -2.37. The van der Waals surface area contributed by atoms with Crippen molar-refractivity contribution in [3.05, 3.63) is 24.3 Å². The Kier molecular flexibility index (Phi) is 8.19. The number of anilines is 5. The first-order valence-corrected chi connectivity index (χ1v) is 12.4. The Morgan fingerprint density at radius 1 is 0.857 bits per heavy atom. The van der Waals surface area contributed by atoms with Gasteiger partial charge in [0.25, 0.3) is 0 Å². The van der Waals surface area contributed by atoms with Crippen molar-refractivity contribution in [3.63, 3.8) is 0 Å². The number of hydrogen-bond donors (Lipinski definition) is 6. The van der Waals surface area contributed by atoms with Crippen LogP contribution in [0.2, 0.25) is 0 Å². The van der Waals surface area contributed by atoms with Gasteiger partial charge in [0.15, 0.2) is 0 Å². The van der Waals surface area contributed by atoms with E-state index in [-0.39, 0.29) is 30.8 Å². The highest BCUT2D eigenvalue weighted by molar-refractivity contribution is 5.61. The Morgan fingerprint density at radius 2 is 1.34 bits per heavy atom. The number of nitrogens with two attached hydrogens (primary N) is 4. The van der Waals surface area contributed by atoms with Crippen molar-refractivity contribution in [3.8, 4) is 0 Å². The molecular formula is C23H39N11O. The van der Waals surface area contributed by atoms with Crippen molar-refractivity contribution >= 4 is 29.2 Å². The van der Waals surface area contributed by atoms with Crippen LogP contribution in [0.1, 0.15) is 19.8 Å². The van der Waals surface area contributed by atoms with Gasteiger partial charge in [-0.1, -0.05) is 0 Å². The van der Waals surface area contributed by atoms with Crippen LogP contribution in [-0.4, -0.2) is 90.1 Å². The smallest absolute Gasteiger partial charge is 0.233 e. The molecule has 4 unspecified atom stereocenters. The highest BCUT2D eigenvalue weighted by atomic mass is 16.3. The summed E-state index contributed by atoms with van der Waals surface area (Å²) in [6.07, 6.45) is 1.54. The lowest BCUT2D eigenvalue weighted by Crippen LogP contribution is -2.54. The Labute approximate surface area is 206 Å². The fraction of sp³-hybridized carbons (Fsp3) is 0.609. The van der Waals surface area contributed by atoms with E-state index in [2.05, 4.69) is 17.1 Å². The number of nitrogens with one attached hydrogen (secondary N) is 1. The summed E-state index contributed by atoms with van der Waals surface area (Å²) >= 11 is 0. The topological polar surface area (TPSA) is 185 Å². The Balaban J connectivity index is 1.61. The van der Waals surface area contributed by atoms with Gasteiger partial charge in [0.1, 0.15) is 0 Å². The predicted octanol–water partition coefficient (Wildman–Crippen LogP) is -0.837. The van der Waals surface area contributed by atoms with Gasteiger partial charge in [0.2, 0.25) is 17.8 Å². The summed E-state index contributed by atoms with van der Waals surface area (Å²) in [7, 11) is 0. The van der Waals surface area contributed by atoms with Gasteiger partial charge in [0, 0.05) is 74.8 Å². The van der Waals surface area contributed by atoms with E-state index >= 15 is 0 Å². The second-order valence-corrected chi connectivity index (χ2v) is 9.56. The maximum atomic E-state index is 9.30. The second kappa shape index (κ2) is 11.3. The number of aliphatic hydroxyl groups excluding tert-OH is 1. The quantitative estimate of drug-likeness (QED) is 0.273. The van der Waals surface area contributed by atoms with Gasteiger partial charge in [-0.3, -0.25) is 0 Å². The number of piperidine rings is 2. The largest absolute Gasteiger partial charge is 0.395 e. The van der Waals surface area contributed by atoms with E-state index in [0.717, 1.165) is 30.8 Å². The molecule has 0 saturated carbocycles. The van der Waals surface area contributed by atoms with Crippen molar-refractivity contribution in [1.29, 1.82) is 0 Å². The van der Waals surface area contributed by atoms with Crippen molar-refractivity contribution < 1.29 is 5.11 Å². The molecule has 192 valence electrons. The minimum Gasteiger partial charge on any atom is -0.395 e. The lowest BCUT2D eigenvalue weighted by atomic mass is 10.0. The van der Waals surface area contributed by atoms with Gasteiger partial charge in [-0.25, -0.2) is 0 Å². The van der Waals surface area contributed by atoms with E-state index in [0.29, 0.717) is 50.6 Å². The van der Waals surface area contributed by atoms with Crippen LogP contribution in [-0.2, 0) is 0 Å². The van der Waals surface area contributed by atoms with Gasteiger partial charge in [-0.05, 0) is 44.0 Å². The van der Waals surface area contributed by atoms with Crippen LogP contribution in [0.5, 0.6) is 0 Å². The first kappa shape index (κ1) is 25.3. The maximum Gasteiger partial charge on any atom is 0.233 e. The van der Waals surface area contributed by atoms with Gasteiger partial charge in [-0.2, -0.15) is 15.0 Å². The standard InChI is InChI=1S/C23H39N11O/c1-2-32(7-8-35)20-5-3-19(4-6-20)28-21-29-22(33-11-15(24)9-16(25)12-33)31-23(30-21)34-13-17(26)10-18(27)14-34/h3-6,15-18,35H,2,7-14,24-27H2,1H3,(H,28,29,30,31). The lowest BCUT2D eigenvalue weighted by molar-refractivity contribution is 0.302. The average Bonchev–Trinajstić information content (AvgIpc) is 2.82. The molecule has 35 heavy (non-hydrogen) atoms. The molecule has 0 radical (unpaired) electrons. The molecule has 0 bridgehead atoms. The van der Waals surface area contributed by atoms with E-state index in [4.69, 9.17) is 37.9 Å². The molecule has 2 aliphatic heterocycles. The molecule has 3 heterocycles. The monoisotopic (exact) mass is 485 g/mol. The maximum absolute atomic E-state index is 9.30. The van der Waals surface area contributed by atoms with Crippen molar-refractivity contribution in [1.82, 2.24) is 15.0 Å². The number of likely N-dealkylation sites (N-methyl/N-ethyl adjacent to an activating group) is 1. The van der Waals surface area contributed by atoms with Gasteiger partial charge < -0.3 is 48.1 Å². The van der Waals surface area contributed by atoms with E-state index in [1.54, 1.807) is 0 Å². The molecule has 0 amide bonds. The number of benzene rings is 1. The number of aliphatic hydroxyl groups is 1. The predicted molar refractivity (Wildman–Crippen MR) is 140 cm³/mol. The van der Waals surface area contributed by atoms with Crippen LogP contribution in [0.3, 0.4) is 0 Å². The zero-order chi connectivity index (χ0) is 24.9. The summed E-state index contributed by atoms with van der Waals surface area (Å²) in [6.45, 7) is 6.08. The highest BCUT2D eigenvalue weighted by Gasteiger charge is 2.28. The molecule has 2 aliphatic rings. The summed E-state index contributed by atoms with van der Waals surface area (Å²) < 4.78 is 0. The molecule has 1 aromatic heterocycles. The fourth-order valence-corrected chi connectivity index (χ4v) is 4.85. The first-order chi connectivity index (χ1) is 16.8. The molecule has 4 atom stereocenters. The van der Waals surface area contributed by atoms with Crippen LogP contribution < -0.4 is 43.0 Å². The molecular weight excluding hydrogens is 446 g/mol. The SMILES string of the molecule is CCN(CCO)c1ccc(Nc2nc(N3CC(N)CC(N)C3)nc(N3CC(N)CC(N)C3)n2)cc1. The number of aromatic nitrogens is 3. The Morgan fingerprint density at radius 3 is 1.77 bits per heavy atom. The molecule has 12 nitrogen and oxygen atoms in total. The molecule has 4 rings (SSSR count). The molecule has 2 aromatic rings.